The van der Waals surface area contributed by atoms with Gasteiger partial charge in [-0.1, -0.05) is 13.8 Å². The number of imidazole rings is 2. The largest absolute Gasteiger partial charge is 0.366 e. The van der Waals surface area contributed by atoms with Gasteiger partial charge < -0.3 is 10.3 Å². The molecule has 1 amide bonds. The zero-order valence-electron chi connectivity index (χ0n) is 15.3. The van der Waals surface area contributed by atoms with E-state index in [0.717, 1.165) is 25.1 Å². The van der Waals surface area contributed by atoms with Gasteiger partial charge in [0, 0.05) is 25.0 Å². The fourth-order valence-corrected chi connectivity index (χ4v) is 3.35. The first-order valence-corrected chi connectivity index (χ1v) is 8.91. The third-order valence-electron chi connectivity index (χ3n) is 4.85. The minimum atomic E-state index is -0.563. The third-order valence-corrected chi connectivity index (χ3v) is 4.85. The van der Waals surface area contributed by atoms with E-state index in [1.54, 1.807) is 27.7 Å². The lowest BCUT2D eigenvalue weighted by atomic mass is 10.1. The fourth-order valence-electron chi connectivity index (χ4n) is 3.35. The van der Waals surface area contributed by atoms with E-state index in [9.17, 15) is 9.59 Å². The smallest absolute Gasteiger partial charge is 0.330 e. The number of carbonyl (C=O) groups excluding carboxylic acids is 1. The highest BCUT2D eigenvalue weighted by Gasteiger charge is 2.21. The van der Waals surface area contributed by atoms with Gasteiger partial charge in [0.15, 0.2) is 5.65 Å². The van der Waals surface area contributed by atoms with Gasteiger partial charge in [-0.05, 0) is 25.8 Å². The van der Waals surface area contributed by atoms with Crippen molar-refractivity contribution in [2.45, 2.75) is 52.7 Å². The maximum atomic E-state index is 13.2. The van der Waals surface area contributed by atoms with Crippen molar-refractivity contribution >= 4 is 17.1 Å². The van der Waals surface area contributed by atoms with E-state index in [1.807, 2.05) is 25.3 Å². The molecule has 0 spiro atoms. The molecule has 3 heterocycles. The topological polar surface area (TPSA) is 101 Å². The molecule has 138 valence electrons. The molecule has 8 nitrogen and oxygen atoms in total. The Hall–Kier alpha value is -2.90. The monoisotopic (exact) mass is 356 g/mol. The van der Waals surface area contributed by atoms with Gasteiger partial charge in [-0.3, -0.25) is 13.9 Å². The van der Waals surface area contributed by atoms with Crippen molar-refractivity contribution in [2.75, 3.05) is 0 Å². The third kappa shape index (κ3) is 2.91. The van der Waals surface area contributed by atoms with E-state index < -0.39 is 5.91 Å². The number of aromatic nitrogens is 5. The van der Waals surface area contributed by atoms with E-state index in [1.165, 1.54) is 6.20 Å². The molecule has 0 unspecified atom stereocenters. The summed E-state index contributed by atoms with van der Waals surface area (Å²) in [7, 11) is 0. The number of amides is 1. The molecule has 3 aromatic heterocycles. The number of pyridine rings is 1. The molecular weight excluding hydrogens is 332 g/mol. The summed E-state index contributed by atoms with van der Waals surface area (Å²) in [5, 5.41) is 0. The molecule has 0 saturated heterocycles. The van der Waals surface area contributed by atoms with Crippen LogP contribution in [0.1, 0.15) is 55.7 Å². The van der Waals surface area contributed by atoms with Gasteiger partial charge in [-0.25, -0.2) is 14.8 Å². The SMILES string of the molecule is CCC(CC)n1c(=O)n(Cc2cncn2CC)c2cc(C(N)=O)cnc21. The molecule has 0 radical (unpaired) electrons. The lowest BCUT2D eigenvalue weighted by Crippen LogP contribution is -2.28. The number of aryl methyl sites for hydroxylation is 1. The maximum Gasteiger partial charge on any atom is 0.330 e. The molecule has 0 saturated carbocycles. The zero-order valence-corrected chi connectivity index (χ0v) is 15.3. The Kier molecular flexibility index (Phi) is 4.92. The lowest BCUT2D eigenvalue weighted by Gasteiger charge is -2.13. The van der Waals surface area contributed by atoms with Crippen molar-refractivity contribution in [3.63, 3.8) is 0 Å². The van der Waals surface area contributed by atoms with E-state index in [-0.39, 0.29) is 17.3 Å². The Bertz CT molecular complexity index is 993. The van der Waals surface area contributed by atoms with Gasteiger partial charge >= 0.3 is 5.69 Å². The summed E-state index contributed by atoms with van der Waals surface area (Å²) in [6, 6.07) is 1.70. The molecule has 0 aliphatic rings. The second-order valence-corrected chi connectivity index (χ2v) is 6.31. The molecule has 0 aliphatic heterocycles. The van der Waals surface area contributed by atoms with Crippen LogP contribution in [0.2, 0.25) is 0 Å². The molecule has 0 aromatic carbocycles. The van der Waals surface area contributed by atoms with Crippen LogP contribution in [0.3, 0.4) is 0 Å². The number of hydrogen-bond acceptors (Lipinski definition) is 4. The van der Waals surface area contributed by atoms with Crippen molar-refractivity contribution in [3.8, 4) is 0 Å². The summed E-state index contributed by atoms with van der Waals surface area (Å²) in [6.07, 6.45) is 6.57. The standard InChI is InChI=1S/C18H24N6O2/c1-4-13(5-2)24-17-15(7-12(8-21-17)16(19)25)23(18(24)26)10-14-9-20-11-22(14)6-3/h7-9,11,13H,4-6,10H2,1-3H3,(H2,19,25). The van der Waals surface area contributed by atoms with Gasteiger partial charge in [-0.15, -0.1) is 0 Å². The summed E-state index contributed by atoms with van der Waals surface area (Å²) < 4.78 is 5.36. The normalized spacial score (nSPS) is 11.5. The Morgan fingerprint density at radius 1 is 1.23 bits per heavy atom. The summed E-state index contributed by atoms with van der Waals surface area (Å²) >= 11 is 0. The van der Waals surface area contributed by atoms with E-state index in [4.69, 9.17) is 5.73 Å². The highest BCUT2D eigenvalue weighted by Crippen LogP contribution is 2.21. The van der Waals surface area contributed by atoms with E-state index >= 15 is 0 Å². The summed E-state index contributed by atoms with van der Waals surface area (Å²) in [5.41, 5.74) is 7.67. The van der Waals surface area contributed by atoms with Crippen LogP contribution in [-0.2, 0) is 13.1 Å². The van der Waals surface area contributed by atoms with Crippen LogP contribution >= 0.6 is 0 Å². The number of nitrogens with two attached hydrogens (primary N) is 1. The van der Waals surface area contributed by atoms with Crippen molar-refractivity contribution in [1.29, 1.82) is 0 Å². The van der Waals surface area contributed by atoms with E-state index in [2.05, 4.69) is 9.97 Å². The minimum Gasteiger partial charge on any atom is -0.366 e. The first-order valence-electron chi connectivity index (χ1n) is 8.91. The van der Waals surface area contributed by atoms with Crippen LogP contribution in [0.5, 0.6) is 0 Å². The molecule has 0 fully saturated rings. The van der Waals surface area contributed by atoms with Gasteiger partial charge in [0.2, 0.25) is 5.91 Å². The molecule has 2 N–H and O–H groups in total. The molecule has 3 rings (SSSR count). The quantitative estimate of drug-likeness (QED) is 0.699. The average Bonchev–Trinajstić information content (AvgIpc) is 3.20. The van der Waals surface area contributed by atoms with Crippen molar-refractivity contribution < 1.29 is 4.79 Å². The second-order valence-electron chi connectivity index (χ2n) is 6.31. The van der Waals surface area contributed by atoms with Crippen molar-refractivity contribution in [1.82, 2.24) is 23.7 Å². The Morgan fingerprint density at radius 2 is 1.96 bits per heavy atom. The number of carbonyl (C=O) groups is 1. The number of rotatable bonds is 7. The van der Waals surface area contributed by atoms with Crippen LogP contribution in [0.25, 0.3) is 11.2 Å². The Labute approximate surface area is 151 Å². The highest BCUT2D eigenvalue weighted by molar-refractivity contribution is 5.95. The van der Waals surface area contributed by atoms with Crippen LogP contribution in [0, 0.1) is 0 Å². The molecule has 8 heteroatoms. The molecule has 0 atom stereocenters. The number of primary amides is 1. The Balaban J connectivity index is 2.25. The maximum absolute atomic E-state index is 13.2. The average molecular weight is 356 g/mol. The number of hydrogen-bond donors (Lipinski definition) is 1. The van der Waals surface area contributed by atoms with Gasteiger partial charge in [0.25, 0.3) is 0 Å². The van der Waals surface area contributed by atoms with Crippen LogP contribution in [0.15, 0.2) is 29.6 Å². The van der Waals surface area contributed by atoms with Gasteiger partial charge in [0.1, 0.15) is 0 Å². The minimum absolute atomic E-state index is 0.0502. The first kappa shape index (κ1) is 17.9. The van der Waals surface area contributed by atoms with Crippen LogP contribution < -0.4 is 11.4 Å². The summed E-state index contributed by atoms with van der Waals surface area (Å²) in [6.45, 7) is 7.25. The highest BCUT2D eigenvalue weighted by atomic mass is 16.2. The fraction of sp³-hybridized carbons (Fsp3) is 0.444. The van der Waals surface area contributed by atoms with Crippen LogP contribution in [0.4, 0.5) is 0 Å². The van der Waals surface area contributed by atoms with Gasteiger partial charge in [0.05, 0.1) is 29.6 Å². The summed E-state index contributed by atoms with van der Waals surface area (Å²) in [5.74, 6) is -0.563. The molecule has 26 heavy (non-hydrogen) atoms. The Morgan fingerprint density at radius 3 is 2.58 bits per heavy atom. The molecule has 0 bridgehead atoms. The molecular formula is C18H24N6O2. The number of fused-ring (bicyclic) bond motifs is 1. The van der Waals surface area contributed by atoms with Gasteiger partial charge in [-0.2, -0.15) is 0 Å². The van der Waals surface area contributed by atoms with E-state index in [0.29, 0.717) is 17.7 Å². The van der Waals surface area contributed by atoms with Crippen molar-refractivity contribution in [2.24, 2.45) is 5.73 Å². The van der Waals surface area contributed by atoms with Crippen molar-refractivity contribution in [3.05, 3.63) is 46.5 Å². The molecule has 0 aliphatic carbocycles. The lowest BCUT2D eigenvalue weighted by molar-refractivity contribution is 0.1000. The second kappa shape index (κ2) is 7.15. The zero-order chi connectivity index (χ0) is 18.8. The number of nitrogens with zero attached hydrogens (tertiary/aromatic N) is 5. The predicted molar refractivity (Wildman–Crippen MR) is 99.1 cm³/mol. The predicted octanol–water partition coefficient (Wildman–Crippen LogP) is 1.92. The molecule has 3 aromatic rings. The summed E-state index contributed by atoms with van der Waals surface area (Å²) in [4.78, 5) is 33.3. The first-order chi connectivity index (χ1) is 12.5. The van der Waals surface area contributed by atoms with Crippen LogP contribution in [-0.4, -0.2) is 29.6 Å².